The van der Waals surface area contributed by atoms with Crippen LogP contribution in [0.5, 0.6) is 0 Å². The highest BCUT2D eigenvalue weighted by Gasteiger charge is 2.30. The fourth-order valence-electron chi connectivity index (χ4n) is 1.98. The van der Waals surface area contributed by atoms with E-state index >= 15 is 0 Å². The van der Waals surface area contributed by atoms with Crippen LogP contribution in [-0.4, -0.2) is 5.11 Å². The van der Waals surface area contributed by atoms with Crippen LogP contribution in [0, 0.1) is 0 Å². The molecule has 0 aliphatic heterocycles. The third-order valence-corrected chi connectivity index (χ3v) is 3.58. The van der Waals surface area contributed by atoms with E-state index in [4.69, 9.17) is 23.2 Å². The van der Waals surface area contributed by atoms with Crippen LogP contribution in [0.2, 0.25) is 10.0 Å². The standard InChI is InChI=1S/C15H11Cl2F3O/c16-11-4-5-13(17)12(8-11)14(21)7-9-2-1-3-10(6-9)15(18,19)20/h1-6,8,14,21H,7H2. The minimum Gasteiger partial charge on any atom is -0.388 e. The van der Waals surface area contributed by atoms with Crippen molar-refractivity contribution in [1.82, 2.24) is 0 Å². The summed E-state index contributed by atoms with van der Waals surface area (Å²) >= 11 is 11.8. The average Bonchev–Trinajstić information content (AvgIpc) is 2.41. The molecule has 0 aliphatic carbocycles. The fourth-order valence-corrected chi connectivity index (χ4v) is 2.40. The maximum absolute atomic E-state index is 12.6. The van der Waals surface area contributed by atoms with Crippen LogP contribution in [0.15, 0.2) is 42.5 Å². The van der Waals surface area contributed by atoms with Gasteiger partial charge in [0.15, 0.2) is 0 Å². The molecule has 0 aliphatic rings. The van der Waals surface area contributed by atoms with Crippen LogP contribution in [0.3, 0.4) is 0 Å². The Labute approximate surface area is 129 Å². The van der Waals surface area contributed by atoms with Crippen molar-refractivity contribution in [2.75, 3.05) is 0 Å². The number of benzene rings is 2. The van der Waals surface area contributed by atoms with Gasteiger partial charge in [0.2, 0.25) is 0 Å². The van der Waals surface area contributed by atoms with Gasteiger partial charge in [-0.25, -0.2) is 0 Å². The van der Waals surface area contributed by atoms with E-state index < -0.39 is 17.8 Å². The Morgan fingerprint density at radius 1 is 1.05 bits per heavy atom. The predicted octanol–water partition coefficient (Wildman–Crippen LogP) is 5.29. The normalized spacial score (nSPS) is 13.2. The molecule has 0 saturated carbocycles. The van der Waals surface area contributed by atoms with Crippen molar-refractivity contribution in [2.45, 2.75) is 18.7 Å². The molecular formula is C15H11Cl2F3O. The third-order valence-electron chi connectivity index (χ3n) is 3.00. The number of hydrogen-bond donors (Lipinski definition) is 1. The predicted molar refractivity (Wildman–Crippen MR) is 76.6 cm³/mol. The number of halogens is 5. The highest BCUT2D eigenvalue weighted by Crippen LogP contribution is 2.32. The molecular weight excluding hydrogens is 324 g/mol. The number of alkyl halides is 3. The molecule has 0 bridgehead atoms. The highest BCUT2D eigenvalue weighted by molar-refractivity contribution is 6.33. The van der Waals surface area contributed by atoms with Crippen LogP contribution >= 0.6 is 23.2 Å². The van der Waals surface area contributed by atoms with Crippen LogP contribution in [0.4, 0.5) is 13.2 Å². The summed E-state index contributed by atoms with van der Waals surface area (Å²) < 4.78 is 37.9. The SMILES string of the molecule is OC(Cc1cccc(C(F)(F)F)c1)c1cc(Cl)ccc1Cl. The molecule has 1 nitrogen and oxygen atoms in total. The summed E-state index contributed by atoms with van der Waals surface area (Å²) in [5.74, 6) is 0. The second kappa shape index (κ2) is 6.26. The molecule has 0 aromatic heterocycles. The monoisotopic (exact) mass is 334 g/mol. The van der Waals surface area contributed by atoms with Crippen molar-refractivity contribution >= 4 is 23.2 Å². The summed E-state index contributed by atoms with van der Waals surface area (Å²) in [4.78, 5) is 0. The summed E-state index contributed by atoms with van der Waals surface area (Å²) in [5.41, 5.74) is 0.0133. The zero-order valence-electron chi connectivity index (χ0n) is 10.7. The molecule has 0 fully saturated rings. The minimum atomic E-state index is -4.41. The summed E-state index contributed by atoms with van der Waals surface area (Å²) in [5, 5.41) is 10.9. The summed E-state index contributed by atoms with van der Waals surface area (Å²) in [7, 11) is 0. The van der Waals surface area contributed by atoms with Gasteiger partial charge in [0.25, 0.3) is 0 Å². The second-order valence-electron chi connectivity index (χ2n) is 4.58. The van der Waals surface area contributed by atoms with Gasteiger partial charge in [-0.3, -0.25) is 0 Å². The van der Waals surface area contributed by atoms with Gasteiger partial charge in [-0.05, 0) is 29.8 Å². The van der Waals surface area contributed by atoms with Gasteiger partial charge in [0.05, 0.1) is 11.7 Å². The maximum atomic E-state index is 12.6. The van der Waals surface area contributed by atoms with E-state index in [9.17, 15) is 18.3 Å². The van der Waals surface area contributed by atoms with E-state index in [2.05, 4.69) is 0 Å². The summed E-state index contributed by atoms with van der Waals surface area (Å²) in [6, 6.07) is 9.45. The van der Waals surface area contributed by atoms with Crippen molar-refractivity contribution in [3.8, 4) is 0 Å². The smallest absolute Gasteiger partial charge is 0.388 e. The minimum absolute atomic E-state index is 0.0178. The molecule has 0 radical (unpaired) electrons. The Morgan fingerprint density at radius 2 is 1.76 bits per heavy atom. The Kier molecular flexibility index (Phi) is 4.81. The Bertz CT molecular complexity index is 641. The molecule has 21 heavy (non-hydrogen) atoms. The van der Waals surface area contributed by atoms with Crippen molar-refractivity contribution in [2.24, 2.45) is 0 Å². The average molecular weight is 335 g/mol. The Hall–Kier alpha value is -1.23. The molecule has 2 aromatic carbocycles. The van der Waals surface area contributed by atoms with Crippen molar-refractivity contribution in [1.29, 1.82) is 0 Å². The van der Waals surface area contributed by atoms with Gasteiger partial charge in [-0.2, -0.15) is 13.2 Å². The van der Waals surface area contributed by atoms with E-state index in [-0.39, 0.29) is 6.42 Å². The molecule has 2 rings (SSSR count). The van der Waals surface area contributed by atoms with Gasteiger partial charge in [-0.1, -0.05) is 41.4 Å². The van der Waals surface area contributed by atoms with Crippen molar-refractivity contribution in [3.05, 3.63) is 69.2 Å². The Morgan fingerprint density at radius 3 is 2.43 bits per heavy atom. The molecule has 6 heteroatoms. The molecule has 0 heterocycles. The van der Waals surface area contributed by atoms with Gasteiger partial charge < -0.3 is 5.11 Å². The van der Waals surface area contributed by atoms with E-state index in [0.717, 1.165) is 12.1 Å². The zero-order valence-corrected chi connectivity index (χ0v) is 12.2. The van der Waals surface area contributed by atoms with E-state index in [1.54, 1.807) is 6.07 Å². The van der Waals surface area contributed by atoms with E-state index in [0.29, 0.717) is 21.2 Å². The molecule has 2 aromatic rings. The number of hydrogen-bond acceptors (Lipinski definition) is 1. The first-order valence-corrected chi connectivity index (χ1v) is 6.82. The molecule has 0 spiro atoms. The van der Waals surface area contributed by atoms with Crippen LogP contribution in [-0.2, 0) is 12.6 Å². The van der Waals surface area contributed by atoms with E-state index in [1.165, 1.54) is 24.3 Å². The molecule has 0 saturated heterocycles. The lowest BCUT2D eigenvalue weighted by Crippen LogP contribution is -2.07. The number of rotatable bonds is 3. The first kappa shape index (κ1) is 16.1. The molecule has 112 valence electrons. The number of aliphatic hydroxyl groups is 1. The van der Waals surface area contributed by atoms with Crippen molar-refractivity contribution < 1.29 is 18.3 Å². The van der Waals surface area contributed by atoms with Crippen LogP contribution in [0.25, 0.3) is 0 Å². The summed E-state index contributed by atoms with van der Waals surface area (Å²) in [6.45, 7) is 0. The molecule has 1 unspecified atom stereocenters. The lowest BCUT2D eigenvalue weighted by molar-refractivity contribution is -0.137. The third kappa shape index (κ3) is 4.13. The van der Waals surface area contributed by atoms with Crippen molar-refractivity contribution in [3.63, 3.8) is 0 Å². The zero-order chi connectivity index (χ0) is 15.6. The van der Waals surface area contributed by atoms with Gasteiger partial charge in [0, 0.05) is 22.0 Å². The van der Waals surface area contributed by atoms with Crippen LogP contribution in [0.1, 0.15) is 22.8 Å². The highest BCUT2D eigenvalue weighted by atomic mass is 35.5. The fraction of sp³-hybridized carbons (Fsp3) is 0.200. The second-order valence-corrected chi connectivity index (χ2v) is 5.43. The topological polar surface area (TPSA) is 20.2 Å². The van der Waals surface area contributed by atoms with Gasteiger partial charge in [0.1, 0.15) is 0 Å². The quantitative estimate of drug-likeness (QED) is 0.808. The lowest BCUT2D eigenvalue weighted by atomic mass is 10.00. The maximum Gasteiger partial charge on any atom is 0.416 e. The van der Waals surface area contributed by atoms with E-state index in [1.807, 2.05) is 0 Å². The lowest BCUT2D eigenvalue weighted by Gasteiger charge is -2.14. The molecule has 0 amide bonds. The molecule has 1 N–H and O–H groups in total. The summed E-state index contributed by atoms with van der Waals surface area (Å²) in [6.07, 6.45) is -5.42. The van der Waals surface area contributed by atoms with Crippen LogP contribution < -0.4 is 0 Å². The van der Waals surface area contributed by atoms with Gasteiger partial charge in [-0.15, -0.1) is 0 Å². The first-order valence-electron chi connectivity index (χ1n) is 6.06. The Balaban J connectivity index is 2.23. The first-order chi connectivity index (χ1) is 9.77. The molecule has 1 atom stereocenters. The van der Waals surface area contributed by atoms with Gasteiger partial charge >= 0.3 is 6.18 Å². The number of aliphatic hydroxyl groups excluding tert-OH is 1. The largest absolute Gasteiger partial charge is 0.416 e.